The minimum Gasteiger partial charge on any atom is -0.491 e. The Morgan fingerprint density at radius 2 is 1.88 bits per heavy atom. The van der Waals surface area contributed by atoms with E-state index in [1.54, 1.807) is 22.0 Å². The van der Waals surface area contributed by atoms with E-state index in [2.05, 4.69) is 0 Å². The summed E-state index contributed by atoms with van der Waals surface area (Å²) in [6, 6.07) is 7.20. The second-order valence-electron chi connectivity index (χ2n) is 6.08. The summed E-state index contributed by atoms with van der Waals surface area (Å²) in [4.78, 5) is 26.9. The minimum absolute atomic E-state index is 0.0588. The van der Waals surface area contributed by atoms with Crippen LogP contribution in [0.25, 0.3) is 6.08 Å². The smallest absolute Gasteiger partial charge is 0.314 e. The van der Waals surface area contributed by atoms with Crippen LogP contribution in [-0.4, -0.2) is 54.0 Å². The van der Waals surface area contributed by atoms with Gasteiger partial charge in [0.15, 0.2) is 0 Å². The fourth-order valence-corrected chi connectivity index (χ4v) is 2.59. The zero-order valence-corrected chi connectivity index (χ0v) is 14.3. The van der Waals surface area contributed by atoms with Gasteiger partial charge in [0.05, 0.1) is 6.10 Å². The molecule has 24 heavy (non-hydrogen) atoms. The Balaban J connectivity index is 1.96. The summed E-state index contributed by atoms with van der Waals surface area (Å²) in [6.07, 6.45) is 4.19. The van der Waals surface area contributed by atoms with Crippen molar-refractivity contribution in [3.63, 3.8) is 0 Å². The van der Waals surface area contributed by atoms with Crippen LogP contribution in [0.1, 0.15) is 25.8 Å². The van der Waals surface area contributed by atoms with Crippen LogP contribution in [0.5, 0.6) is 5.75 Å². The van der Waals surface area contributed by atoms with Gasteiger partial charge in [0.2, 0.25) is 5.91 Å². The van der Waals surface area contributed by atoms with Gasteiger partial charge in [-0.25, -0.2) is 4.79 Å². The third-order valence-corrected chi connectivity index (χ3v) is 3.77. The molecular weight excluding hydrogens is 306 g/mol. The third kappa shape index (κ3) is 5.30. The predicted octanol–water partition coefficient (Wildman–Crippen LogP) is 2.10. The number of carbonyl (C=O) groups excluding carboxylic acids is 2. The Morgan fingerprint density at radius 1 is 1.17 bits per heavy atom. The molecule has 1 fully saturated rings. The summed E-state index contributed by atoms with van der Waals surface area (Å²) in [5, 5.41) is 0. The van der Waals surface area contributed by atoms with Crippen LogP contribution in [0.2, 0.25) is 0 Å². The van der Waals surface area contributed by atoms with Crippen molar-refractivity contribution < 1.29 is 14.3 Å². The number of amides is 3. The summed E-state index contributed by atoms with van der Waals surface area (Å²) in [6.45, 7) is 6.15. The van der Waals surface area contributed by atoms with Gasteiger partial charge in [-0.3, -0.25) is 4.79 Å². The van der Waals surface area contributed by atoms with Crippen molar-refractivity contribution in [1.29, 1.82) is 0 Å². The number of benzene rings is 1. The Labute approximate surface area is 142 Å². The molecule has 0 unspecified atom stereocenters. The molecule has 1 aromatic rings. The molecule has 3 amide bonds. The molecule has 1 saturated heterocycles. The van der Waals surface area contributed by atoms with Crippen LogP contribution in [0.15, 0.2) is 30.3 Å². The van der Waals surface area contributed by atoms with Gasteiger partial charge in [-0.2, -0.15) is 0 Å². The Morgan fingerprint density at radius 3 is 2.58 bits per heavy atom. The number of ether oxygens (including phenoxy) is 1. The predicted molar refractivity (Wildman–Crippen MR) is 93.6 cm³/mol. The van der Waals surface area contributed by atoms with Gasteiger partial charge in [0.1, 0.15) is 5.75 Å². The average Bonchev–Trinajstić information content (AvgIpc) is 2.78. The molecule has 1 aromatic carbocycles. The highest BCUT2D eigenvalue weighted by molar-refractivity contribution is 5.91. The van der Waals surface area contributed by atoms with Gasteiger partial charge in [-0.1, -0.05) is 12.1 Å². The molecule has 0 radical (unpaired) electrons. The van der Waals surface area contributed by atoms with Crippen molar-refractivity contribution in [1.82, 2.24) is 9.80 Å². The molecule has 130 valence electrons. The molecular formula is C18H25N3O3. The Bertz CT molecular complexity index is 613. The number of primary amides is 1. The highest BCUT2D eigenvalue weighted by Crippen LogP contribution is 2.16. The van der Waals surface area contributed by atoms with Crippen LogP contribution in [0.4, 0.5) is 4.79 Å². The first-order valence-corrected chi connectivity index (χ1v) is 8.24. The number of nitrogens with zero attached hydrogens (tertiary/aromatic N) is 2. The van der Waals surface area contributed by atoms with E-state index in [9.17, 15) is 9.59 Å². The molecule has 6 nitrogen and oxygen atoms in total. The van der Waals surface area contributed by atoms with Gasteiger partial charge in [0.25, 0.3) is 0 Å². The first-order chi connectivity index (χ1) is 11.5. The summed E-state index contributed by atoms with van der Waals surface area (Å²) < 4.78 is 5.65. The summed E-state index contributed by atoms with van der Waals surface area (Å²) >= 11 is 0. The van der Waals surface area contributed by atoms with E-state index in [4.69, 9.17) is 10.5 Å². The van der Waals surface area contributed by atoms with Crippen LogP contribution in [0.3, 0.4) is 0 Å². The van der Waals surface area contributed by atoms with Gasteiger partial charge in [-0.05, 0) is 44.0 Å². The number of rotatable bonds is 4. The average molecular weight is 331 g/mol. The topological polar surface area (TPSA) is 75.9 Å². The normalized spacial score (nSPS) is 15.6. The Kier molecular flexibility index (Phi) is 6.23. The number of urea groups is 1. The lowest BCUT2D eigenvalue weighted by Crippen LogP contribution is -2.39. The molecule has 1 aliphatic heterocycles. The number of hydrogen-bond donors (Lipinski definition) is 1. The van der Waals surface area contributed by atoms with Gasteiger partial charge in [0, 0.05) is 32.3 Å². The van der Waals surface area contributed by atoms with E-state index < -0.39 is 6.03 Å². The zero-order valence-electron chi connectivity index (χ0n) is 14.3. The maximum Gasteiger partial charge on any atom is 0.314 e. The van der Waals surface area contributed by atoms with Crippen molar-refractivity contribution >= 4 is 18.0 Å². The minimum atomic E-state index is -0.429. The van der Waals surface area contributed by atoms with Crippen molar-refractivity contribution in [3.8, 4) is 5.75 Å². The molecule has 0 spiro atoms. The number of nitrogens with two attached hydrogens (primary N) is 1. The lowest BCUT2D eigenvalue weighted by molar-refractivity contribution is -0.125. The molecule has 6 heteroatoms. The summed E-state index contributed by atoms with van der Waals surface area (Å²) in [7, 11) is 0. The number of carbonyl (C=O) groups is 2. The molecule has 1 aliphatic rings. The molecule has 0 aromatic heterocycles. The van der Waals surface area contributed by atoms with E-state index in [-0.39, 0.29) is 12.0 Å². The quantitative estimate of drug-likeness (QED) is 0.859. The van der Waals surface area contributed by atoms with Crippen LogP contribution < -0.4 is 10.5 Å². The van der Waals surface area contributed by atoms with Crippen LogP contribution in [0, 0.1) is 0 Å². The maximum atomic E-state index is 12.3. The summed E-state index contributed by atoms with van der Waals surface area (Å²) in [5.41, 5.74) is 6.21. The van der Waals surface area contributed by atoms with Crippen LogP contribution >= 0.6 is 0 Å². The molecule has 1 heterocycles. The molecule has 0 saturated carbocycles. The first-order valence-electron chi connectivity index (χ1n) is 8.24. The van der Waals surface area contributed by atoms with Crippen molar-refractivity contribution in [3.05, 3.63) is 35.9 Å². The molecule has 0 bridgehead atoms. The lowest BCUT2D eigenvalue weighted by Gasteiger charge is -2.19. The van der Waals surface area contributed by atoms with Gasteiger partial charge >= 0.3 is 6.03 Å². The van der Waals surface area contributed by atoms with E-state index >= 15 is 0 Å². The first kappa shape index (κ1) is 17.8. The van der Waals surface area contributed by atoms with Crippen molar-refractivity contribution in [2.24, 2.45) is 5.73 Å². The monoisotopic (exact) mass is 331 g/mol. The lowest BCUT2D eigenvalue weighted by atomic mass is 10.2. The van der Waals surface area contributed by atoms with E-state index in [0.717, 1.165) is 17.7 Å². The maximum absolute atomic E-state index is 12.3. The highest BCUT2D eigenvalue weighted by atomic mass is 16.5. The van der Waals surface area contributed by atoms with Crippen molar-refractivity contribution in [2.45, 2.75) is 26.4 Å². The third-order valence-electron chi connectivity index (χ3n) is 3.77. The fraction of sp³-hybridized carbons (Fsp3) is 0.444. The van der Waals surface area contributed by atoms with Gasteiger partial charge < -0.3 is 20.3 Å². The number of hydrogen-bond acceptors (Lipinski definition) is 3. The van der Waals surface area contributed by atoms with E-state index in [1.807, 2.05) is 38.1 Å². The molecule has 2 N–H and O–H groups in total. The van der Waals surface area contributed by atoms with Crippen LogP contribution in [-0.2, 0) is 4.79 Å². The van der Waals surface area contributed by atoms with Gasteiger partial charge in [-0.15, -0.1) is 0 Å². The Hall–Kier alpha value is -2.50. The second-order valence-corrected chi connectivity index (χ2v) is 6.08. The van der Waals surface area contributed by atoms with Crippen molar-refractivity contribution in [2.75, 3.05) is 26.2 Å². The molecule has 0 aliphatic carbocycles. The van der Waals surface area contributed by atoms with E-state index in [0.29, 0.717) is 26.2 Å². The SMILES string of the molecule is CC(C)Oc1cccc(/C=C/C(=O)N2CCCN(C(N)=O)CC2)c1. The standard InChI is InChI=1S/C18H25N3O3/c1-14(2)24-16-6-3-5-15(13-16)7-8-17(22)20-9-4-10-21(12-11-20)18(19)23/h3,5-8,13-14H,4,9-12H2,1-2H3,(H2,19,23)/b8-7+. The highest BCUT2D eigenvalue weighted by Gasteiger charge is 2.19. The van der Waals surface area contributed by atoms with E-state index in [1.165, 1.54) is 0 Å². The molecule has 0 atom stereocenters. The summed E-state index contributed by atoms with van der Waals surface area (Å²) in [5.74, 6) is 0.725. The molecule has 2 rings (SSSR count). The second kappa shape index (κ2) is 8.38. The largest absolute Gasteiger partial charge is 0.491 e. The zero-order chi connectivity index (χ0) is 17.5. The fourth-order valence-electron chi connectivity index (χ4n) is 2.59.